The lowest BCUT2D eigenvalue weighted by molar-refractivity contribution is -0.143. The van der Waals surface area contributed by atoms with Gasteiger partial charge in [-0.2, -0.15) is 0 Å². The fourth-order valence-electron chi connectivity index (χ4n) is 3.52. The summed E-state index contributed by atoms with van der Waals surface area (Å²) in [5.74, 6) is -6.07. The molecule has 0 fully saturated rings. The SMILES string of the molecule is NC(=O)CC(NC(=O)C(Cc1ccccc1)NC(=O)C(Cc1cnc[nH]1)NC(=O)C(N)CCC(=O)O)C(=O)O. The highest BCUT2D eigenvalue weighted by molar-refractivity contribution is 5.95. The smallest absolute Gasteiger partial charge is 0.326 e. The predicted octanol–water partition coefficient (Wildman–Crippen LogP) is -2.20. The van der Waals surface area contributed by atoms with Gasteiger partial charge >= 0.3 is 11.9 Å². The van der Waals surface area contributed by atoms with Crippen molar-refractivity contribution in [3.05, 3.63) is 54.1 Å². The summed E-state index contributed by atoms with van der Waals surface area (Å²) in [5.41, 5.74) is 12.0. The number of carboxylic acid groups (broad SMARTS) is 2. The lowest BCUT2D eigenvalue weighted by Gasteiger charge is -2.25. The Kier molecular flexibility index (Phi) is 11.6. The van der Waals surface area contributed by atoms with Crippen molar-refractivity contribution in [2.24, 2.45) is 11.5 Å². The molecule has 0 aliphatic rings. The molecule has 15 nitrogen and oxygen atoms in total. The largest absolute Gasteiger partial charge is 0.481 e. The number of aromatic amines is 1. The van der Waals surface area contributed by atoms with Crippen LogP contribution in [0.2, 0.25) is 0 Å². The molecule has 4 amide bonds. The summed E-state index contributed by atoms with van der Waals surface area (Å²) in [6.07, 6.45) is 1.45. The molecule has 2 aromatic rings. The minimum atomic E-state index is -1.63. The molecule has 0 aliphatic heterocycles. The van der Waals surface area contributed by atoms with Crippen LogP contribution in [0.25, 0.3) is 0 Å². The van der Waals surface area contributed by atoms with Crippen LogP contribution in [0.4, 0.5) is 0 Å². The summed E-state index contributed by atoms with van der Waals surface area (Å²) in [6, 6.07) is 3.12. The van der Waals surface area contributed by atoms with Crippen molar-refractivity contribution in [2.75, 3.05) is 0 Å². The second-order valence-corrected chi connectivity index (χ2v) is 8.70. The van der Waals surface area contributed by atoms with Gasteiger partial charge in [0.05, 0.1) is 18.8 Å². The van der Waals surface area contributed by atoms with Crippen molar-refractivity contribution >= 4 is 35.6 Å². The molecular formula is C24H31N7O8. The number of aliphatic carboxylic acids is 2. The Morgan fingerprint density at radius 1 is 0.872 bits per heavy atom. The van der Waals surface area contributed by atoms with Gasteiger partial charge in [-0.3, -0.25) is 24.0 Å². The first-order valence-electron chi connectivity index (χ1n) is 11.9. The van der Waals surface area contributed by atoms with Crippen LogP contribution in [0.5, 0.6) is 0 Å². The molecule has 210 valence electrons. The van der Waals surface area contributed by atoms with E-state index in [0.29, 0.717) is 11.3 Å². The first kappa shape index (κ1) is 30.4. The number of nitrogens with zero attached hydrogens (tertiary/aromatic N) is 1. The monoisotopic (exact) mass is 545 g/mol. The zero-order chi connectivity index (χ0) is 28.9. The number of nitrogens with one attached hydrogen (secondary N) is 4. The van der Waals surface area contributed by atoms with Gasteiger partial charge in [0.15, 0.2) is 0 Å². The average molecular weight is 546 g/mol. The van der Waals surface area contributed by atoms with E-state index in [1.807, 2.05) is 0 Å². The van der Waals surface area contributed by atoms with E-state index in [-0.39, 0.29) is 25.7 Å². The summed E-state index contributed by atoms with van der Waals surface area (Å²) in [7, 11) is 0. The molecule has 0 spiro atoms. The van der Waals surface area contributed by atoms with Crippen molar-refractivity contribution in [2.45, 2.75) is 56.3 Å². The van der Waals surface area contributed by atoms with Crippen LogP contribution in [0, 0.1) is 0 Å². The van der Waals surface area contributed by atoms with Crippen molar-refractivity contribution in [3.63, 3.8) is 0 Å². The zero-order valence-electron chi connectivity index (χ0n) is 20.8. The summed E-state index contributed by atoms with van der Waals surface area (Å²) in [5, 5.41) is 25.4. The van der Waals surface area contributed by atoms with Crippen LogP contribution in [0.15, 0.2) is 42.9 Å². The van der Waals surface area contributed by atoms with Crippen LogP contribution in [-0.4, -0.2) is 79.9 Å². The molecule has 0 bridgehead atoms. The number of aromatic nitrogens is 2. The number of amides is 4. The van der Waals surface area contributed by atoms with Gasteiger partial charge in [0.1, 0.15) is 18.1 Å². The fourth-order valence-corrected chi connectivity index (χ4v) is 3.52. The third-order valence-corrected chi connectivity index (χ3v) is 5.55. The first-order valence-corrected chi connectivity index (χ1v) is 11.9. The number of carboxylic acids is 2. The number of carbonyl (C=O) groups excluding carboxylic acids is 4. The first-order chi connectivity index (χ1) is 18.5. The van der Waals surface area contributed by atoms with Crippen LogP contribution < -0.4 is 27.4 Å². The lowest BCUT2D eigenvalue weighted by Crippen LogP contribution is -2.58. The van der Waals surface area contributed by atoms with Crippen LogP contribution in [0.3, 0.4) is 0 Å². The second kappa shape index (κ2) is 14.8. The molecule has 1 aromatic heterocycles. The van der Waals surface area contributed by atoms with Crippen molar-refractivity contribution < 1.29 is 39.0 Å². The van der Waals surface area contributed by atoms with E-state index in [1.54, 1.807) is 30.3 Å². The van der Waals surface area contributed by atoms with E-state index in [2.05, 4.69) is 25.9 Å². The molecule has 1 aromatic carbocycles. The van der Waals surface area contributed by atoms with Gasteiger partial charge in [0.2, 0.25) is 23.6 Å². The number of rotatable bonds is 16. The molecular weight excluding hydrogens is 514 g/mol. The summed E-state index contributed by atoms with van der Waals surface area (Å²) in [6.45, 7) is 0. The van der Waals surface area contributed by atoms with Crippen LogP contribution in [-0.2, 0) is 41.6 Å². The van der Waals surface area contributed by atoms with Gasteiger partial charge in [-0.15, -0.1) is 0 Å². The number of hydrogen-bond donors (Lipinski definition) is 8. The van der Waals surface area contributed by atoms with E-state index in [1.165, 1.54) is 12.5 Å². The number of nitrogens with two attached hydrogens (primary N) is 2. The van der Waals surface area contributed by atoms with Crippen molar-refractivity contribution in [1.29, 1.82) is 0 Å². The van der Waals surface area contributed by atoms with Crippen LogP contribution >= 0.6 is 0 Å². The normalized spacial score (nSPS) is 13.8. The summed E-state index contributed by atoms with van der Waals surface area (Å²) in [4.78, 5) is 79.3. The number of benzene rings is 1. The Morgan fingerprint density at radius 3 is 2.00 bits per heavy atom. The quantitative estimate of drug-likeness (QED) is 0.113. The Labute approximate surface area is 222 Å². The Bertz CT molecular complexity index is 1160. The minimum Gasteiger partial charge on any atom is -0.481 e. The Morgan fingerprint density at radius 2 is 1.46 bits per heavy atom. The fraction of sp³-hybridized carbons (Fsp3) is 0.375. The van der Waals surface area contributed by atoms with Crippen molar-refractivity contribution in [3.8, 4) is 0 Å². The average Bonchev–Trinajstić information content (AvgIpc) is 3.39. The maximum atomic E-state index is 13.3. The second-order valence-electron chi connectivity index (χ2n) is 8.70. The third kappa shape index (κ3) is 10.6. The molecule has 0 aliphatic carbocycles. The number of carbonyl (C=O) groups is 6. The molecule has 2 rings (SSSR count). The number of hydrogen-bond acceptors (Lipinski definition) is 8. The van der Waals surface area contributed by atoms with E-state index >= 15 is 0 Å². The maximum absolute atomic E-state index is 13.3. The van der Waals surface area contributed by atoms with E-state index in [0.717, 1.165) is 0 Å². The minimum absolute atomic E-state index is 0.0514. The molecule has 0 saturated heterocycles. The van der Waals surface area contributed by atoms with Gasteiger partial charge in [-0.05, 0) is 12.0 Å². The highest BCUT2D eigenvalue weighted by atomic mass is 16.4. The van der Waals surface area contributed by atoms with Gasteiger partial charge in [-0.25, -0.2) is 9.78 Å². The van der Waals surface area contributed by atoms with E-state index < -0.39 is 66.2 Å². The predicted molar refractivity (Wildman–Crippen MR) is 135 cm³/mol. The number of primary amides is 1. The molecule has 4 atom stereocenters. The Balaban J connectivity index is 2.26. The van der Waals surface area contributed by atoms with Crippen molar-refractivity contribution in [1.82, 2.24) is 25.9 Å². The van der Waals surface area contributed by atoms with Gasteiger partial charge < -0.3 is 42.6 Å². The molecule has 4 unspecified atom stereocenters. The molecule has 0 saturated carbocycles. The maximum Gasteiger partial charge on any atom is 0.326 e. The van der Waals surface area contributed by atoms with E-state index in [9.17, 15) is 33.9 Å². The number of H-pyrrole nitrogens is 1. The molecule has 15 heteroatoms. The summed E-state index contributed by atoms with van der Waals surface area (Å²) < 4.78 is 0. The molecule has 1 heterocycles. The third-order valence-electron chi connectivity index (χ3n) is 5.55. The standard InChI is InChI=1S/C24H31N7O8/c25-15(6-7-20(33)34)21(35)29-17(9-14-11-27-12-28-14)23(37)30-16(8-13-4-2-1-3-5-13)22(36)31-18(24(38)39)10-19(26)32/h1-5,11-12,15-18H,6-10,25H2,(H2,26,32)(H,27,28)(H,29,35)(H,30,37)(H,31,36)(H,33,34)(H,38,39). The highest BCUT2D eigenvalue weighted by Crippen LogP contribution is 2.07. The Hall–Kier alpha value is -4.79. The van der Waals surface area contributed by atoms with Gasteiger partial charge in [0, 0.05) is 31.2 Å². The molecule has 0 radical (unpaired) electrons. The molecule has 10 N–H and O–H groups in total. The topological polar surface area (TPSA) is 260 Å². The van der Waals surface area contributed by atoms with Gasteiger partial charge in [0.25, 0.3) is 0 Å². The lowest BCUT2D eigenvalue weighted by atomic mass is 10.0. The highest BCUT2D eigenvalue weighted by Gasteiger charge is 2.31. The molecule has 39 heavy (non-hydrogen) atoms. The van der Waals surface area contributed by atoms with Crippen LogP contribution in [0.1, 0.15) is 30.5 Å². The zero-order valence-corrected chi connectivity index (χ0v) is 20.8. The van der Waals surface area contributed by atoms with E-state index in [4.69, 9.17) is 16.6 Å². The van der Waals surface area contributed by atoms with Gasteiger partial charge in [-0.1, -0.05) is 30.3 Å². The number of imidazole rings is 1. The summed E-state index contributed by atoms with van der Waals surface area (Å²) >= 11 is 0.